The van der Waals surface area contributed by atoms with Crippen molar-refractivity contribution in [3.05, 3.63) is 58.1 Å². The minimum Gasteiger partial charge on any atom is -0.508 e. The van der Waals surface area contributed by atoms with Crippen LogP contribution in [0.5, 0.6) is 11.5 Å². The van der Waals surface area contributed by atoms with Gasteiger partial charge in [0.05, 0.1) is 6.61 Å². The molecule has 0 fully saturated rings. The van der Waals surface area contributed by atoms with E-state index in [1.165, 1.54) is 43.9 Å². The van der Waals surface area contributed by atoms with Crippen molar-refractivity contribution in [2.24, 2.45) is 0 Å². The number of anilines is 1. The number of carbonyl (C=O) groups excluding carboxylic acids is 1. The van der Waals surface area contributed by atoms with Crippen molar-refractivity contribution >= 4 is 33.6 Å². The lowest BCUT2D eigenvalue weighted by molar-refractivity contribution is -0.112. The van der Waals surface area contributed by atoms with Crippen LogP contribution in [-0.2, 0) is 4.79 Å². The first-order chi connectivity index (χ1) is 14.5. The number of ether oxygens (including phenoxy) is 1. The van der Waals surface area contributed by atoms with Gasteiger partial charge in [0.15, 0.2) is 0 Å². The molecule has 0 aliphatic heterocycles. The molecule has 0 aromatic heterocycles. The number of benzene rings is 2. The fraction of sp³-hybridized carbons (Fsp3) is 0.333. The largest absolute Gasteiger partial charge is 0.508 e. The fourth-order valence-electron chi connectivity index (χ4n) is 2.88. The lowest BCUT2D eigenvalue weighted by Crippen LogP contribution is -2.13. The molecule has 6 heteroatoms. The summed E-state index contributed by atoms with van der Waals surface area (Å²) < 4.78 is 6.75. The number of hydrogen-bond donors (Lipinski definition) is 2. The van der Waals surface area contributed by atoms with Crippen molar-refractivity contribution < 1.29 is 14.6 Å². The van der Waals surface area contributed by atoms with E-state index in [1.54, 1.807) is 12.1 Å². The van der Waals surface area contributed by atoms with Gasteiger partial charge in [-0.05, 0) is 55.0 Å². The highest BCUT2D eigenvalue weighted by Crippen LogP contribution is 2.26. The predicted octanol–water partition coefficient (Wildman–Crippen LogP) is 6.44. The van der Waals surface area contributed by atoms with E-state index in [0.29, 0.717) is 23.6 Å². The maximum absolute atomic E-state index is 12.5. The first-order valence-corrected chi connectivity index (χ1v) is 11.0. The Morgan fingerprint density at radius 3 is 2.53 bits per heavy atom. The van der Waals surface area contributed by atoms with Crippen LogP contribution in [0.3, 0.4) is 0 Å². The van der Waals surface area contributed by atoms with Gasteiger partial charge in [0.25, 0.3) is 5.91 Å². The molecule has 0 aliphatic rings. The Hall–Kier alpha value is -2.78. The Morgan fingerprint density at radius 1 is 1.13 bits per heavy atom. The highest BCUT2D eigenvalue weighted by molar-refractivity contribution is 9.10. The summed E-state index contributed by atoms with van der Waals surface area (Å²) >= 11 is 3.43. The molecular formula is C24H27BrN2O3. The molecule has 2 aromatic carbocycles. The summed E-state index contributed by atoms with van der Waals surface area (Å²) in [7, 11) is 0. The first-order valence-electron chi connectivity index (χ1n) is 10.2. The second-order valence-electron chi connectivity index (χ2n) is 6.97. The molecular weight excluding hydrogens is 444 g/mol. The summed E-state index contributed by atoms with van der Waals surface area (Å²) in [4.78, 5) is 12.5. The van der Waals surface area contributed by atoms with Crippen LogP contribution in [0.2, 0.25) is 0 Å². The zero-order chi connectivity index (χ0) is 21.8. The molecule has 1 amide bonds. The number of nitrogens with one attached hydrogen (secondary N) is 1. The lowest BCUT2D eigenvalue weighted by atomic mass is 10.1. The lowest BCUT2D eigenvalue weighted by Gasteiger charge is -2.11. The second-order valence-corrected chi connectivity index (χ2v) is 7.88. The van der Waals surface area contributed by atoms with Crippen molar-refractivity contribution in [2.75, 3.05) is 11.9 Å². The fourth-order valence-corrected chi connectivity index (χ4v) is 3.25. The topological polar surface area (TPSA) is 82.3 Å². The van der Waals surface area contributed by atoms with Gasteiger partial charge in [-0.1, -0.05) is 55.0 Å². The summed E-state index contributed by atoms with van der Waals surface area (Å²) in [6, 6.07) is 13.5. The Labute approximate surface area is 186 Å². The zero-order valence-electron chi connectivity index (χ0n) is 17.2. The molecule has 158 valence electrons. The van der Waals surface area contributed by atoms with Crippen LogP contribution in [0.25, 0.3) is 6.08 Å². The molecule has 0 atom stereocenters. The molecule has 0 spiro atoms. The Morgan fingerprint density at radius 2 is 1.83 bits per heavy atom. The minimum atomic E-state index is -0.523. The van der Waals surface area contributed by atoms with Crippen LogP contribution in [0.4, 0.5) is 5.69 Å². The number of phenolic OH excluding ortho intramolecular Hbond substituents is 1. The van der Waals surface area contributed by atoms with Crippen molar-refractivity contribution in [2.45, 2.75) is 45.4 Å². The summed E-state index contributed by atoms with van der Waals surface area (Å²) in [5.41, 5.74) is 1.12. The quantitative estimate of drug-likeness (QED) is 0.171. The zero-order valence-corrected chi connectivity index (χ0v) is 18.7. The van der Waals surface area contributed by atoms with Gasteiger partial charge in [0, 0.05) is 15.7 Å². The SMILES string of the molecule is CCCCCCCCOc1ccc(Br)cc1/C=C(\C#N)C(=O)Nc1ccc(O)cc1. The van der Waals surface area contributed by atoms with Gasteiger partial charge in [-0.25, -0.2) is 0 Å². The van der Waals surface area contributed by atoms with Gasteiger partial charge in [-0.2, -0.15) is 5.26 Å². The summed E-state index contributed by atoms with van der Waals surface area (Å²) in [5, 5.41) is 21.5. The molecule has 0 heterocycles. The molecule has 0 saturated heterocycles. The normalized spacial score (nSPS) is 11.0. The highest BCUT2D eigenvalue weighted by atomic mass is 79.9. The number of nitrogens with zero attached hydrogens (tertiary/aromatic N) is 1. The van der Waals surface area contributed by atoms with Crippen LogP contribution in [-0.4, -0.2) is 17.6 Å². The number of halogens is 1. The van der Waals surface area contributed by atoms with E-state index in [2.05, 4.69) is 28.2 Å². The molecule has 0 bridgehead atoms. The molecule has 5 nitrogen and oxygen atoms in total. The second kappa shape index (κ2) is 12.7. The summed E-state index contributed by atoms with van der Waals surface area (Å²) in [5.74, 6) is 0.215. The van der Waals surface area contributed by atoms with E-state index in [-0.39, 0.29) is 11.3 Å². The van der Waals surface area contributed by atoms with Gasteiger partial charge >= 0.3 is 0 Å². The number of hydrogen-bond acceptors (Lipinski definition) is 4. The van der Waals surface area contributed by atoms with E-state index in [1.807, 2.05) is 24.3 Å². The van der Waals surface area contributed by atoms with Gasteiger partial charge < -0.3 is 15.2 Å². The predicted molar refractivity (Wildman–Crippen MR) is 123 cm³/mol. The third-order valence-electron chi connectivity index (χ3n) is 4.52. The smallest absolute Gasteiger partial charge is 0.266 e. The van der Waals surface area contributed by atoms with Crippen LogP contribution < -0.4 is 10.1 Å². The third kappa shape index (κ3) is 7.92. The number of unbranched alkanes of at least 4 members (excludes halogenated alkanes) is 5. The van der Waals surface area contributed by atoms with Crippen molar-refractivity contribution in [3.8, 4) is 17.6 Å². The van der Waals surface area contributed by atoms with E-state index < -0.39 is 5.91 Å². The third-order valence-corrected chi connectivity index (χ3v) is 5.01. The number of aromatic hydroxyl groups is 1. The summed E-state index contributed by atoms with van der Waals surface area (Å²) in [6.45, 7) is 2.79. The number of carbonyl (C=O) groups is 1. The number of rotatable bonds is 11. The number of amides is 1. The standard InChI is InChI=1S/C24H27BrN2O3/c1-2-3-4-5-6-7-14-30-23-13-8-20(25)16-18(23)15-19(17-26)24(29)27-21-9-11-22(28)12-10-21/h8-13,15-16,28H,2-7,14H2,1H3,(H,27,29)/b19-15+. The summed E-state index contributed by atoms with van der Waals surface area (Å²) in [6.07, 6.45) is 8.58. The average Bonchev–Trinajstić information content (AvgIpc) is 2.74. The van der Waals surface area contributed by atoms with E-state index in [9.17, 15) is 15.2 Å². The van der Waals surface area contributed by atoms with Crippen LogP contribution >= 0.6 is 15.9 Å². The monoisotopic (exact) mass is 470 g/mol. The van der Waals surface area contributed by atoms with Crippen LogP contribution in [0, 0.1) is 11.3 Å². The van der Waals surface area contributed by atoms with Gasteiger partial charge in [0.2, 0.25) is 0 Å². The first kappa shape index (κ1) is 23.5. The van der Waals surface area contributed by atoms with Crippen molar-refractivity contribution in [1.82, 2.24) is 0 Å². The Balaban J connectivity index is 2.05. The van der Waals surface area contributed by atoms with Gasteiger partial charge in [-0.15, -0.1) is 0 Å². The molecule has 0 aliphatic carbocycles. The van der Waals surface area contributed by atoms with E-state index in [0.717, 1.165) is 17.3 Å². The van der Waals surface area contributed by atoms with Gasteiger partial charge in [0.1, 0.15) is 23.1 Å². The number of nitriles is 1. The van der Waals surface area contributed by atoms with Gasteiger partial charge in [-0.3, -0.25) is 4.79 Å². The molecule has 2 rings (SSSR count). The molecule has 0 radical (unpaired) electrons. The van der Waals surface area contributed by atoms with Crippen molar-refractivity contribution in [3.63, 3.8) is 0 Å². The van der Waals surface area contributed by atoms with Crippen LogP contribution in [0.15, 0.2) is 52.5 Å². The molecule has 30 heavy (non-hydrogen) atoms. The van der Waals surface area contributed by atoms with Crippen LogP contribution in [0.1, 0.15) is 51.0 Å². The average molecular weight is 471 g/mol. The number of phenols is 1. The molecule has 0 unspecified atom stereocenters. The Bertz CT molecular complexity index is 902. The maximum Gasteiger partial charge on any atom is 0.266 e. The Kier molecular flexibility index (Phi) is 9.96. The maximum atomic E-state index is 12.5. The van der Waals surface area contributed by atoms with E-state index >= 15 is 0 Å². The molecule has 2 aromatic rings. The van der Waals surface area contributed by atoms with Crippen molar-refractivity contribution in [1.29, 1.82) is 5.26 Å². The molecule has 2 N–H and O–H groups in total. The highest BCUT2D eigenvalue weighted by Gasteiger charge is 2.12. The van der Waals surface area contributed by atoms with E-state index in [4.69, 9.17) is 4.74 Å². The minimum absolute atomic E-state index is 0.0365. The molecule has 0 saturated carbocycles.